The first-order chi connectivity index (χ1) is 7.97. The fourth-order valence-corrected chi connectivity index (χ4v) is 4.37. The lowest BCUT2D eigenvalue weighted by molar-refractivity contribution is 0.382. The quantitative estimate of drug-likeness (QED) is 0.770. The molecule has 2 rings (SSSR count). The smallest absolute Gasteiger partial charge is 0.150 e. The third-order valence-corrected chi connectivity index (χ3v) is 5.83. The average molecular weight is 257 g/mol. The van der Waals surface area contributed by atoms with Gasteiger partial charge in [-0.15, -0.1) is 0 Å². The Morgan fingerprint density at radius 2 is 2.00 bits per heavy atom. The van der Waals surface area contributed by atoms with Crippen LogP contribution in [0.5, 0.6) is 0 Å². The number of nitrogens with two attached hydrogens (primary N) is 1. The Labute approximate surface area is 104 Å². The molecule has 2 N–H and O–H groups in total. The highest BCUT2D eigenvalue weighted by Gasteiger charge is 2.31. The van der Waals surface area contributed by atoms with Crippen LogP contribution in [0.1, 0.15) is 44.9 Å². The van der Waals surface area contributed by atoms with Gasteiger partial charge in [0, 0.05) is 12.3 Å². The molecule has 2 aliphatic rings. The molecular weight excluding hydrogens is 234 g/mol. The van der Waals surface area contributed by atoms with E-state index in [4.69, 9.17) is 5.73 Å². The maximum atomic E-state index is 11.6. The molecule has 3 nitrogen and oxygen atoms in total. The highest BCUT2D eigenvalue weighted by Crippen LogP contribution is 2.36. The van der Waals surface area contributed by atoms with E-state index in [9.17, 15) is 8.42 Å². The molecule has 0 aromatic carbocycles. The molecule has 0 amide bonds. The van der Waals surface area contributed by atoms with E-state index in [0.717, 1.165) is 44.9 Å². The van der Waals surface area contributed by atoms with Gasteiger partial charge in [0.15, 0.2) is 0 Å². The third kappa shape index (κ3) is 3.32. The lowest BCUT2D eigenvalue weighted by atomic mass is 9.79. The van der Waals surface area contributed by atoms with Crippen LogP contribution in [-0.2, 0) is 9.84 Å². The second-order valence-corrected chi connectivity index (χ2v) is 7.94. The maximum Gasteiger partial charge on any atom is 0.150 e. The summed E-state index contributed by atoms with van der Waals surface area (Å²) in [6.45, 7) is 0. The highest BCUT2D eigenvalue weighted by molar-refractivity contribution is 7.91. The standard InChI is InChI=1S/C13H23NO2S/c1-17(15,16)13-7-3-5-11(9-13)10-4-2-6-12(14)8-10/h8,11-13H,2-7,9,14H2,1H3. The molecule has 0 bridgehead atoms. The van der Waals surface area contributed by atoms with Gasteiger partial charge in [-0.3, -0.25) is 0 Å². The van der Waals surface area contributed by atoms with Crippen molar-refractivity contribution in [2.24, 2.45) is 11.7 Å². The van der Waals surface area contributed by atoms with E-state index < -0.39 is 9.84 Å². The van der Waals surface area contributed by atoms with Crippen molar-refractivity contribution in [2.45, 2.75) is 56.2 Å². The molecule has 0 aromatic rings. The van der Waals surface area contributed by atoms with E-state index >= 15 is 0 Å². The van der Waals surface area contributed by atoms with Crippen LogP contribution in [0.3, 0.4) is 0 Å². The molecule has 3 atom stereocenters. The van der Waals surface area contributed by atoms with Gasteiger partial charge in [0.2, 0.25) is 0 Å². The predicted molar refractivity (Wildman–Crippen MR) is 70.5 cm³/mol. The van der Waals surface area contributed by atoms with Gasteiger partial charge in [0.25, 0.3) is 0 Å². The summed E-state index contributed by atoms with van der Waals surface area (Å²) in [4.78, 5) is 0. The summed E-state index contributed by atoms with van der Waals surface area (Å²) < 4.78 is 23.3. The van der Waals surface area contributed by atoms with Gasteiger partial charge < -0.3 is 5.73 Å². The second-order valence-electron chi connectivity index (χ2n) is 5.61. The largest absolute Gasteiger partial charge is 0.324 e. The van der Waals surface area contributed by atoms with Gasteiger partial charge in [-0.1, -0.05) is 18.1 Å². The maximum absolute atomic E-state index is 11.6. The van der Waals surface area contributed by atoms with Crippen molar-refractivity contribution < 1.29 is 8.42 Å². The van der Waals surface area contributed by atoms with Crippen LogP contribution < -0.4 is 5.73 Å². The molecule has 4 heteroatoms. The van der Waals surface area contributed by atoms with Crippen LogP contribution in [0.25, 0.3) is 0 Å². The summed E-state index contributed by atoms with van der Waals surface area (Å²) in [6, 6.07) is 0.192. The van der Waals surface area contributed by atoms with Crippen LogP contribution in [-0.4, -0.2) is 26.0 Å². The molecule has 0 saturated heterocycles. The zero-order valence-corrected chi connectivity index (χ0v) is 11.4. The zero-order valence-electron chi connectivity index (χ0n) is 10.6. The summed E-state index contributed by atoms with van der Waals surface area (Å²) in [6.07, 6.45) is 10.8. The fraction of sp³-hybridized carbons (Fsp3) is 0.846. The van der Waals surface area contributed by atoms with Crippen molar-refractivity contribution in [1.82, 2.24) is 0 Å². The molecule has 98 valence electrons. The SMILES string of the molecule is CS(=O)(=O)C1CCCC(C2=CC(N)CCC2)C1. The molecule has 1 fully saturated rings. The van der Waals surface area contributed by atoms with Crippen molar-refractivity contribution in [3.8, 4) is 0 Å². The van der Waals surface area contributed by atoms with Crippen molar-refractivity contribution in [3.05, 3.63) is 11.6 Å². The van der Waals surface area contributed by atoms with Crippen molar-refractivity contribution in [2.75, 3.05) is 6.26 Å². The molecule has 0 heterocycles. The first kappa shape index (κ1) is 13.1. The van der Waals surface area contributed by atoms with Gasteiger partial charge in [-0.2, -0.15) is 0 Å². The van der Waals surface area contributed by atoms with Gasteiger partial charge in [-0.25, -0.2) is 8.42 Å². The molecule has 3 unspecified atom stereocenters. The minimum Gasteiger partial charge on any atom is -0.324 e. The fourth-order valence-electron chi connectivity index (χ4n) is 3.19. The number of sulfone groups is 1. The Hall–Kier alpha value is -0.350. The number of hydrogen-bond donors (Lipinski definition) is 1. The van der Waals surface area contributed by atoms with E-state index in [-0.39, 0.29) is 11.3 Å². The topological polar surface area (TPSA) is 60.2 Å². The minimum absolute atomic E-state index is 0.125. The van der Waals surface area contributed by atoms with Crippen molar-refractivity contribution in [1.29, 1.82) is 0 Å². The van der Waals surface area contributed by atoms with Crippen LogP contribution in [0, 0.1) is 5.92 Å². The van der Waals surface area contributed by atoms with Crippen molar-refractivity contribution >= 4 is 9.84 Å². The van der Waals surface area contributed by atoms with Crippen LogP contribution in [0.2, 0.25) is 0 Å². The minimum atomic E-state index is -2.87. The second kappa shape index (κ2) is 5.11. The first-order valence-electron chi connectivity index (χ1n) is 6.62. The van der Waals surface area contributed by atoms with Crippen molar-refractivity contribution in [3.63, 3.8) is 0 Å². The number of rotatable bonds is 2. The van der Waals surface area contributed by atoms with Gasteiger partial charge in [0.05, 0.1) is 5.25 Å². The Morgan fingerprint density at radius 3 is 2.65 bits per heavy atom. The summed E-state index contributed by atoms with van der Waals surface area (Å²) in [5.41, 5.74) is 7.39. The van der Waals surface area contributed by atoms with Crippen LogP contribution >= 0.6 is 0 Å². The summed E-state index contributed by atoms with van der Waals surface area (Å²) in [5, 5.41) is -0.125. The van der Waals surface area contributed by atoms with E-state index in [2.05, 4.69) is 6.08 Å². The van der Waals surface area contributed by atoms with Gasteiger partial charge >= 0.3 is 0 Å². The monoisotopic (exact) mass is 257 g/mol. The molecular formula is C13H23NO2S. The Kier molecular flexibility index (Phi) is 3.93. The summed E-state index contributed by atoms with van der Waals surface area (Å²) >= 11 is 0. The lowest BCUT2D eigenvalue weighted by Gasteiger charge is -2.32. The molecule has 17 heavy (non-hydrogen) atoms. The van der Waals surface area contributed by atoms with E-state index in [1.165, 1.54) is 11.8 Å². The molecule has 2 aliphatic carbocycles. The van der Waals surface area contributed by atoms with Crippen LogP contribution in [0.4, 0.5) is 0 Å². The van der Waals surface area contributed by atoms with Crippen LogP contribution in [0.15, 0.2) is 11.6 Å². The average Bonchev–Trinajstić information content (AvgIpc) is 2.28. The summed E-state index contributed by atoms with van der Waals surface area (Å²) in [7, 11) is -2.87. The predicted octanol–water partition coefficient (Wildman–Crippen LogP) is 2.03. The van der Waals surface area contributed by atoms with E-state index in [1.54, 1.807) is 0 Å². The highest BCUT2D eigenvalue weighted by atomic mass is 32.2. The molecule has 0 spiro atoms. The molecule has 0 aromatic heterocycles. The molecule has 0 aliphatic heterocycles. The molecule has 0 radical (unpaired) electrons. The van der Waals surface area contributed by atoms with Gasteiger partial charge in [0.1, 0.15) is 9.84 Å². The Morgan fingerprint density at radius 1 is 1.24 bits per heavy atom. The molecule has 1 saturated carbocycles. The zero-order chi connectivity index (χ0) is 12.5. The van der Waals surface area contributed by atoms with Gasteiger partial charge in [-0.05, 0) is 44.4 Å². The normalized spacial score (nSPS) is 35.4. The lowest BCUT2D eigenvalue weighted by Crippen LogP contribution is -2.30. The summed E-state index contributed by atoms with van der Waals surface area (Å²) in [5.74, 6) is 0.467. The van der Waals surface area contributed by atoms with E-state index in [1.807, 2.05) is 0 Å². The number of hydrogen-bond acceptors (Lipinski definition) is 3. The number of allylic oxidation sites excluding steroid dienone is 1. The third-order valence-electron chi connectivity index (χ3n) is 4.19. The Balaban J connectivity index is 2.07. The Bertz CT molecular complexity index is 400. The van der Waals surface area contributed by atoms with E-state index in [0.29, 0.717) is 5.92 Å². The first-order valence-corrected chi connectivity index (χ1v) is 8.57.